The van der Waals surface area contributed by atoms with E-state index in [4.69, 9.17) is 9.47 Å². The van der Waals surface area contributed by atoms with Crippen molar-refractivity contribution in [1.82, 2.24) is 15.5 Å². The predicted octanol–water partition coefficient (Wildman–Crippen LogP) is 1.63. The molecule has 0 saturated carbocycles. The first-order valence-corrected chi connectivity index (χ1v) is 7.58. The second-order valence-electron chi connectivity index (χ2n) is 5.42. The average molecular weight is 380 g/mol. The third kappa shape index (κ3) is 6.36. The zero-order chi connectivity index (χ0) is 15.9. The number of nitrogens with zero attached hydrogens (tertiary/aromatic N) is 1. The molecule has 1 aromatic carbocycles. The highest BCUT2D eigenvalue weighted by atomic mass is 35.5. The lowest BCUT2D eigenvalue weighted by Gasteiger charge is -2.27. The van der Waals surface area contributed by atoms with Gasteiger partial charge in [0, 0.05) is 31.7 Å². The van der Waals surface area contributed by atoms with E-state index < -0.39 is 0 Å². The first-order valence-electron chi connectivity index (χ1n) is 7.58. The summed E-state index contributed by atoms with van der Waals surface area (Å²) in [5.41, 5.74) is 0.913. The summed E-state index contributed by atoms with van der Waals surface area (Å²) in [6.07, 6.45) is 0. The van der Waals surface area contributed by atoms with Gasteiger partial charge in [-0.25, -0.2) is 0 Å². The van der Waals surface area contributed by atoms with Gasteiger partial charge < -0.3 is 20.1 Å². The van der Waals surface area contributed by atoms with Crippen LogP contribution in [0.4, 0.5) is 0 Å². The second kappa shape index (κ2) is 11.4. The van der Waals surface area contributed by atoms with E-state index in [0.29, 0.717) is 6.54 Å². The molecule has 6 nitrogen and oxygen atoms in total. The van der Waals surface area contributed by atoms with Crippen LogP contribution >= 0.6 is 24.8 Å². The van der Waals surface area contributed by atoms with E-state index in [9.17, 15) is 4.79 Å². The lowest BCUT2D eigenvalue weighted by atomic mass is 10.1. The molecule has 2 rings (SSSR count). The summed E-state index contributed by atoms with van der Waals surface area (Å²) >= 11 is 0. The van der Waals surface area contributed by atoms with E-state index in [1.807, 2.05) is 25.1 Å². The van der Waals surface area contributed by atoms with Crippen molar-refractivity contribution in [3.63, 3.8) is 0 Å². The Kier molecular flexibility index (Phi) is 10.8. The van der Waals surface area contributed by atoms with Gasteiger partial charge in [-0.1, -0.05) is 0 Å². The Hall–Kier alpha value is -1.21. The summed E-state index contributed by atoms with van der Waals surface area (Å²) in [6, 6.07) is 5.46. The van der Waals surface area contributed by atoms with Gasteiger partial charge in [-0.2, -0.15) is 0 Å². The van der Waals surface area contributed by atoms with Crippen LogP contribution in [-0.2, 0) is 4.79 Å². The lowest BCUT2D eigenvalue weighted by Crippen LogP contribution is -2.47. The number of carbonyl (C=O) groups is 1. The van der Waals surface area contributed by atoms with Gasteiger partial charge in [0.2, 0.25) is 5.91 Å². The molecule has 24 heavy (non-hydrogen) atoms. The number of benzene rings is 1. The zero-order valence-electron chi connectivity index (χ0n) is 14.3. The Bertz CT molecular complexity index is 511. The van der Waals surface area contributed by atoms with Crippen molar-refractivity contribution in [1.29, 1.82) is 0 Å². The molecule has 1 amide bonds. The van der Waals surface area contributed by atoms with Crippen LogP contribution in [0.5, 0.6) is 11.5 Å². The van der Waals surface area contributed by atoms with Crippen molar-refractivity contribution < 1.29 is 14.3 Å². The summed E-state index contributed by atoms with van der Waals surface area (Å²) in [4.78, 5) is 14.4. The molecule has 0 spiro atoms. The number of nitrogens with one attached hydrogen (secondary N) is 2. The molecular formula is C16H27Cl2N3O3. The molecule has 0 aliphatic carbocycles. The normalized spacial score (nSPS) is 15.5. The van der Waals surface area contributed by atoms with E-state index in [0.717, 1.165) is 43.2 Å². The van der Waals surface area contributed by atoms with E-state index in [1.54, 1.807) is 14.2 Å². The fraction of sp³-hybridized carbons (Fsp3) is 0.562. The van der Waals surface area contributed by atoms with Gasteiger partial charge in [0.15, 0.2) is 0 Å². The number of ether oxygens (including phenoxy) is 2. The molecule has 0 aromatic heterocycles. The first kappa shape index (κ1) is 22.8. The van der Waals surface area contributed by atoms with Gasteiger partial charge >= 0.3 is 0 Å². The monoisotopic (exact) mass is 379 g/mol. The molecule has 138 valence electrons. The Morgan fingerprint density at radius 1 is 1.25 bits per heavy atom. The summed E-state index contributed by atoms with van der Waals surface area (Å²) in [5.74, 6) is 1.52. The van der Waals surface area contributed by atoms with Crippen molar-refractivity contribution in [2.24, 2.45) is 0 Å². The molecule has 8 heteroatoms. The van der Waals surface area contributed by atoms with Crippen LogP contribution in [0, 0.1) is 0 Å². The quantitative estimate of drug-likeness (QED) is 0.786. The average Bonchev–Trinajstić information content (AvgIpc) is 2.54. The van der Waals surface area contributed by atoms with Gasteiger partial charge in [0.1, 0.15) is 11.5 Å². The molecule has 1 aromatic rings. The Balaban J connectivity index is 0.00000264. The van der Waals surface area contributed by atoms with E-state index in [-0.39, 0.29) is 36.8 Å². The number of methoxy groups -OCH3 is 2. The third-order valence-corrected chi connectivity index (χ3v) is 3.86. The van der Waals surface area contributed by atoms with Gasteiger partial charge in [0.25, 0.3) is 0 Å². The van der Waals surface area contributed by atoms with Crippen LogP contribution in [0.1, 0.15) is 18.5 Å². The van der Waals surface area contributed by atoms with Gasteiger partial charge in [0.05, 0.1) is 26.8 Å². The molecule has 2 N–H and O–H groups in total. The largest absolute Gasteiger partial charge is 0.497 e. The topological polar surface area (TPSA) is 62.8 Å². The minimum Gasteiger partial charge on any atom is -0.497 e. The number of piperazine rings is 1. The maximum atomic E-state index is 12.2. The number of amides is 1. The van der Waals surface area contributed by atoms with Crippen molar-refractivity contribution in [2.75, 3.05) is 46.9 Å². The smallest absolute Gasteiger partial charge is 0.234 e. The lowest BCUT2D eigenvalue weighted by molar-refractivity contribution is -0.123. The Morgan fingerprint density at radius 3 is 2.50 bits per heavy atom. The van der Waals surface area contributed by atoms with Crippen LogP contribution in [0.3, 0.4) is 0 Å². The van der Waals surface area contributed by atoms with Crippen LogP contribution in [0.25, 0.3) is 0 Å². The Labute approximate surface area is 156 Å². The van der Waals surface area contributed by atoms with Gasteiger partial charge in [-0.05, 0) is 25.1 Å². The third-order valence-electron chi connectivity index (χ3n) is 3.86. The molecule has 0 bridgehead atoms. The van der Waals surface area contributed by atoms with Crippen molar-refractivity contribution in [3.8, 4) is 11.5 Å². The predicted molar refractivity (Wildman–Crippen MR) is 99.9 cm³/mol. The number of hydrogen-bond acceptors (Lipinski definition) is 5. The minimum atomic E-state index is -0.138. The van der Waals surface area contributed by atoms with Crippen molar-refractivity contribution in [2.45, 2.75) is 13.0 Å². The fourth-order valence-corrected chi connectivity index (χ4v) is 2.62. The number of halogens is 2. The highest BCUT2D eigenvalue weighted by Gasteiger charge is 2.18. The Morgan fingerprint density at radius 2 is 1.92 bits per heavy atom. The molecule has 1 unspecified atom stereocenters. The summed E-state index contributed by atoms with van der Waals surface area (Å²) < 4.78 is 10.6. The summed E-state index contributed by atoms with van der Waals surface area (Å²) in [5, 5.41) is 6.31. The van der Waals surface area contributed by atoms with Crippen molar-refractivity contribution >= 4 is 30.7 Å². The molecule has 1 heterocycles. The molecule has 1 aliphatic heterocycles. The van der Waals surface area contributed by atoms with Gasteiger partial charge in [-0.3, -0.25) is 9.69 Å². The van der Waals surface area contributed by atoms with Crippen molar-refractivity contribution in [3.05, 3.63) is 23.8 Å². The standard InChI is InChI=1S/C16H25N3O3.2ClH/c1-12(14-10-13(21-2)4-5-15(14)22-3)18-16(20)11-19-8-6-17-7-9-19;;/h4-5,10,12,17H,6-9,11H2,1-3H3,(H,18,20);2*1H. The van der Waals surface area contributed by atoms with E-state index in [2.05, 4.69) is 15.5 Å². The minimum absolute atomic E-state index is 0. The van der Waals surface area contributed by atoms with Crippen LogP contribution < -0.4 is 20.1 Å². The van der Waals surface area contributed by atoms with Crippen LogP contribution in [0.15, 0.2) is 18.2 Å². The fourth-order valence-electron chi connectivity index (χ4n) is 2.62. The maximum absolute atomic E-state index is 12.2. The molecule has 1 saturated heterocycles. The number of rotatable bonds is 6. The SMILES string of the molecule is COc1ccc(OC)c(C(C)NC(=O)CN2CCNCC2)c1.Cl.Cl. The summed E-state index contributed by atoms with van der Waals surface area (Å²) in [7, 11) is 3.25. The number of carbonyl (C=O) groups excluding carboxylic acids is 1. The van der Waals surface area contributed by atoms with E-state index >= 15 is 0 Å². The zero-order valence-corrected chi connectivity index (χ0v) is 16.0. The molecule has 1 fully saturated rings. The van der Waals surface area contributed by atoms with Crippen LogP contribution in [-0.4, -0.2) is 57.8 Å². The number of hydrogen-bond donors (Lipinski definition) is 2. The first-order chi connectivity index (χ1) is 10.6. The van der Waals surface area contributed by atoms with Gasteiger partial charge in [-0.15, -0.1) is 24.8 Å². The molecule has 1 atom stereocenters. The van der Waals surface area contributed by atoms with Crippen LogP contribution in [0.2, 0.25) is 0 Å². The highest BCUT2D eigenvalue weighted by molar-refractivity contribution is 5.85. The molecule has 1 aliphatic rings. The maximum Gasteiger partial charge on any atom is 0.234 e. The second-order valence-corrected chi connectivity index (χ2v) is 5.42. The molecule has 0 radical (unpaired) electrons. The summed E-state index contributed by atoms with van der Waals surface area (Å²) in [6.45, 7) is 6.07. The highest BCUT2D eigenvalue weighted by Crippen LogP contribution is 2.29. The molecular weight excluding hydrogens is 353 g/mol. The van der Waals surface area contributed by atoms with E-state index in [1.165, 1.54) is 0 Å².